The van der Waals surface area contributed by atoms with Crippen LogP contribution in [-0.2, 0) is 0 Å². The van der Waals surface area contributed by atoms with Gasteiger partial charge in [0, 0.05) is 45.2 Å². The lowest BCUT2D eigenvalue weighted by molar-refractivity contribution is 0.628. The van der Waals surface area contributed by atoms with Crippen molar-refractivity contribution in [2.45, 2.75) is 0 Å². The lowest BCUT2D eigenvalue weighted by Gasteiger charge is -2.07. The summed E-state index contributed by atoms with van der Waals surface area (Å²) < 4.78 is 19.2. The second-order valence-electron chi connectivity index (χ2n) is 8.88. The van der Waals surface area contributed by atoms with Gasteiger partial charge in [0.25, 0.3) is 0 Å². The fourth-order valence-corrected chi connectivity index (χ4v) is 4.72. The highest BCUT2D eigenvalue weighted by atomic mass is 19.1. The molecule has 0 aliphatic heterocycles. The molecule has 0 aliphatic rings. The van der Waals surface area contributed by atoms with E-state index in [1.807, 2.05) is 60.9 Å². The fourth-order valence-electron chi connectivity index (χ4n) is 4.72. The monoisotopic (exact) mass is 466 g/mol. The standard InChI is InChI=1S/C32H19FN2O/c33-26-11-7-20(8-12-26)21-5-6-22-15-25(19-35-30(22)17-21)24-9-13-29(34-18-24)23-10-14-32-28(16-23)27-3-1-2-4-31(27)36-32/h1-19H. The van der Waals surface area contributed by atoms with Gasteiger partial charge in [0.2, 0.25) is 0 Å². The number of hydrogen-bond donors (Lipinski definition) is 0. The molecule has 0 saturated carbocycles. The molecule has 170 valence electrons. The molecule has 0 bridgehead atoms. The van der Waals surface area contributed by atoms with Gasteiger partial charge in [-0.3, -0.25) is 9.97 Å². The Morgan fingerprint density at radius 1 is 0.528 bits per heavy atom. The zero-order chi connectivity index (χ0) is 24.1. The average molecular weight is 467 g/mol. The Morgan fingerprint density at radius 2 is 1.28 bits per heavy atom. The van der Waals surface area contributed by atoms with E-state index >= 15 is 0 Å². The van der Waals surface area contributed by atoms with Gasteiger partial charge in [-0.05, 0) is 65.7 Å². The van der Waals surface area contributed by atoms with Gasteiger partial charge in [0.1, 0.15) is 17.0 Å². The van der Waals surface area contributed by atoms with Crippen molar-refractivity contribution in [2.24, 2.45) is 0 Å². The van der Waals surface area contributed by atoms with E-state index in [-0.39, 0.29) is 5.82 Å². The van der Waals surface area contributed by atoms with Gasteiger partial charge in [-0.1, -0.05) is 48.5 Å². The Labute approximate surface area is 206 Å². The van der Waals surface area contributed by atoms with Crippen LogP contribution in [0.5, 0.6) is 0 Å². The van der Waals surface area contributed by atoms with E-state index < -0.39 is 0 Å². The second kappa shape index (κ2) is 8.14. The first-order valence-corrected chi connectivity index (χ1v) is 11.8. The Balaban J connectivity index is 1.20. The van der Waals surface area contributed by atoms with Crippen LogP contribution in [0.2, 0.25) is 0 Å². The van der Waals surface area contributed by atoms with Gasteiger partial charge in [-0.25, -0.2) is 4.39 Å². The first-order chi connectivity index (χ1) is 17.7. The summed E-state index contributed by atoms with van der Waals surface area (Å²) in [5.41, 5.74) is 8.60. The highest BCUT2D eigenvalue weighted by Crippen LogP contribution is 2.33. The van der Waals surface area contributed by atoms with E-state index in [1.54, 1.807) is 12.1 Å². The van der Waals surface area contributed by atoms with Crippen molar-refractivity contribution in [1.29, 1.82) is 0 Å². The van der Waals surface area contributed by atoms with Crippen LogP contribution in [0.4, 0.5) is 4.39 Å². The quantitative estimate of drug-likeness (QED) is 0.261. The summed E-state index contributed by atoms with van der Waals surface area (Å²) in [7, 11) is 0. The van der Waals surface area contributed by atoms with Crippen LogP contribution in [0.15, 0.2) is 120 Å². The molecule has 36 heavy (non-hydrogen) atoms. The molecule has 7 rings (SSSR count). The van der Waals surface area contributed by atoms with Crippen LogP contribution in [0.1, 0.15) is 0 Å². The van der Waals surface area contributed by atoms with E-state index in [0.717, 1.165) is 66.4 Å². The summed E-state index contributed by atoms with van der Waals surface area (Å²) in [6, 6.07) is 33.2. The van der Waals surface area contributed by atoms with Gasteiger partial charge in [-0.15, -0.1) is 0 Å². The van der Waals surface area contributed by atoms with E-state index in [2.05, 4.69) is 35.3 Å². The zero-order valence-electron chi connectivity index (χ0n) is 19.2. The number of nitrogens with zero attached hydrogens (tertiary/aromatic N) is 2. The zero-order valence-corrected chi connectivity index (χ0v) is 19.2. The smallest absolute Gasteiger partial charge is 0.135 e. The highest BCUT2D eigenvalue weighted by Gasteiger charge is 2.10. The summed E-state index contributed by atoms with van der Waals surface area (Å²) in [4.78, 5) is 9.44. The topological polar surface area (TPSA) is 38.9 Å². The Hall–Kier alpha value is -4.83. The molecule has 0 radical (unpaired) electrons. The molecule has 4 heteroatoms. The van der Waals surface area contributed by atoms with Crippen molar-refractivity contribution >= 4 is 32.8 Å². The predicted molar refractivity (Wildman–Crippen MR) is 143 cm³/mol. The van der Waals surface area contributed by atoms with Crippen LogP contribution >= 0.6 is 0 Å². The summed E-state index contributed by atoms with van der Waals surface area (Å²) >= 11 is 0. The Kier molecular flexibility index (Phi) is 4.64. The number of rotatable bonds is 3. The van der Waals surface area contributed by atoms with E-state index in [4.69, 9.17) is 9.40 Å². The number of halogens is 1. The molecule has 0 N–H and O–H groups in total. The number of aromatic nitrogens is 2. The first-order valence-electron chi connectivity index (χ1n) is 11.8. The molecule has 3 aromatic heterocycles. The summed E-state index contributed by atoms with van der Waals surface area (Å²) in [5, 5.41) is 3.24. The number of furan rings is 1. The number of fused-ring (bicyclic) bond motifs is 4. The maximum Gasteiger partial charge on any atom is 0.135 e. The van der Waals surface area contributed by atoms with Gasteiger partial charge < -0.3 is 4.42 Å². The third-order valence-corrected chi connectivity index (χ3v) is 6.63. The molecule has 0 spiro atoms. The molecular formula is C32H19FN2O. The van der Waals surface area contributed by atoms with Crippen molar-refractivity contribution in [2.75, 3.05) is 0 Å². The molecule has 3 heterocycles. The van der Waals surface area contributed by atoms with Gasteiger partial charge in [-0.2, -0.15) is 0 Å². The van der Waals surface area contributed by atoms with Crippen molar-refractivity contribution in [3.8, 4) is 33.5 Å². The third-order valence-electron chi connectivity index (χ3n) is 6.63. The maximum atomic E-state index is 13.3. The first kappa shape index (κ1) is 20.5. The maximum absolute atomic E-state index is 13.3. The number of para-hydroxylation sites is 1. The highest BCUT2D eigenvalue weighted by molar-refractivity contribution is 6.06. The minimum atomic E-state index is -0.238. The number of pyridine rings is 2. The minimum Gasteiger partial charge on any atom is -0.456 e. The Morgan fingerprint density at radius 3 is 2.14 bits per heavy atom. The van der Waals surface area contributed by atoms with E-state index in [1.165, 1.54) is 12.1 Å². The van der Waals surface area contributed by atoms with Crippen LogP contribution < -0.4 is 0 Å². The lowest BCUT2D eigenvalue weighted by atomic mass is 10.0. The van der Waals surface area contributed by atoms with Gasteiger partial charge >= 0.3 is 0 Å². The summed E-state index contributed by atoms with van der Waals surface area (Å²) in [6.45, 7) is 0. The van der Waals surface area contributed by atoms with E-state index in [9.17, 15) is 4.39 Å². The molecule has 0 fully saturated rings. The average Bonchev–Trinajstić information content (AvgIpc) is 3.31. The largest absolute Gasteiger partial charge is 0.456 e. The van der Waals surface area contributed by atoms with Crippen LogP contribution in [0, 0.1) is 5.82 Å². The molecule has 0 atom stereocenters. The van der Waals surface area contributed by atoms with E-state index in [0.29, 0.717) is 0 Å². The number of benzene rings is 4. The molecule has 0 unspecified atom stereocenters. The minimum absolute atomic E-state index is 0.238. The normalized spacial score (nSPS) is 11.5. The van der Waals surface area contributed by atoms with Crippen molar-refractivity contribution in [1.82, 2.24) is 9.97 Å². The summed E-state index contributed by atoms with van der Waals surface area (Å²) in [6.07, 6.45) is 3.76. The predicted octanol–water partition coefficient (Wildman–Crippen LogP) is 8.67. The molecule has 0 saturated heterocycles. The summed E-state index contributed by atoms with van der Waals surface area (Å²) in [5.74, 6) is -0.238. The molecule has 0 amide bonds. The molecule has 0 aliphatic carbocycles. The third kappa shape index (κ3) is 3.51. The van der Waals surface area contributed by atoms with Crippen LogP contribution in [-0.4, -0.2) is 9.97 Å². The second-order valence-corrected chi connectivity index (χ2v) is 8.88. The molecule has 4 aromatic carbocycles. The Bertz CT molecular complexity index is 1890. The van der Waals surface area contributed by atoms with Gasteiger partial charge in [0.15, 0.2) is 0 Å². The number of hydrogen-bond acceptors (Lipinski definition) is 3. The van der Waals surface area contributed by atoms with Crippen molar-refractivity contribution in [3.05, 3.63) is 121 Å². The van der Waals surface area contributed by atoms with Crippen LogP contribution in [0.25, 0.3) is 66.4 Å². The van der Waals surface area contributed by atoms with Crippen molar-refractivity contribution < 1.29 is 8.81 Å². The van der Waals surface area contributed by atoms with Crippen LogP contribution in [0.3, 0.4) is 0 Å². The SMILES string of the molecule is Fc1ccc(-c2ccc3cc(-c4ccc(-c5ccc6oc7ccccc7c6c5)nc4)cnc3c2)cc1. The molecule has 3 nitrogen and oxygen atoms in total. The lowest BCUT2D eigenvalue weighted by Crippen LogP contribution is -1.88. The van der Waals surface area contributed by atoms with Crippen molar-refractivity contribution in [3.63, 3.8) is 0 Å². The fraction of sp³-hybridized carbons (Fsp3) is 0. The molecule has 7 aromatic rings. The molecular weight excluding hydrogens is 447 g/mol. The van der Waals surface area contributed by atoms with Gasteiger partial charge in [0.05, 0.1) is 11.2 Å².